The van der Waals surface area contributed by atoms with Gasteiger partial charge in [0.25, 0.3) is 0 Å². The third-order valence-corrected chi connectivity index (χ3v) is 6.80. The molecule has 3 aromatic rings. The molecular weight excluding hydrogens is 402 g/mol. The van der Waals surface area contributed by atoms with E-state index in [9.17, 15) is 9.59 Å². The minimum atomic E-state index is -0.00721. The highest BCUT2D eigenvalue weighted by Crippen LogP contribution is 2.33. The molecule has 1 fully saturated rings. The molecule has 1 aliphatic heterocycles. The number of para-hydroxylation sites is 1. The Kier molecular flexibility index (Phi) is 5.72. The smallest absolute Gasteiger partial charge is 0.228 e. The molecule has 0 saturated heterocycles. The number of amides is 2. The molecule has 0 spiro atoms. The highest BCUT2D eigenvalue weighted by atomic mass is 16.2. The molecule has 1 aromatic carbocycles. The van der Waals surface area contributed by atoms with E-state index in [-0.39, 0.29) is 30.7 Å². The molecule has 0 bridgehead atoms. The van der Waals surface area contributed by atoms with Crippen LogP contribution in [0.15, 0.2) is 36.5 Å². The van der Waals surface area contributed by atoms with Crippen molar-refractivity contribution in [2.24, 2.45) is 7.05 Å². The zero-order valence-corrected chi connectivity index (χ0v) is 18.7. The molecule has 7 nitrogen and oxygen atoms in total. The standard InChI is InChI=1S/C25H31N5O2/c1-28-17-20(19-10-5-6-11-22(19)28)21-16-24-29(14-7-15-30(24)27-21)25(32)13-12-23(31)26-18-8-3-2-4-9-18/h5-6,10-11,16-18H,2-4,7-9,12-15H2,1H3,(H,26,31). The Balaban J connectivity index is 1.30. The molecule has 0 radical (unpaired) electrons. The number of hydrogen-bond acceptors (Lipinski definition) is 3. The maximum atomic E-state index is 13.0. The molecule has 168 valence electrons. The lowest BCUT2D eigenvalue weighted by Gasteiger charge is -2.27. The van der Waals surface area contributed by atoms with Crippen LogP contribution in [0.4, 0.5) is 5.82 Å². The SMILES string of the molecule is Cn1cc(-c2cc3n(n2)CCCN3C(=O)CCC(=O)NC2CCCCC2)c2ccccc21. The Morgan fingerprint density at radius 2 is 1.88 bits per heavy atom. The van der Waals surface area contributed by atoms with Crippen molar-refractivity contribution < 1.29 is 9.59 Å². The average molecular weight is 434 g/mol. The van der Waals surface area contributed by atoms with Crippen LogP contribution in [0.25, 0.3) is 22.2 Å². The molecule has 7 heteroatoms. The monoisotopic (exact) mass is 433 g/mol. The van der Waals surface area contributed by atoms with Gasteiger partial charge in [0.2, 0.25) is 11.8 Å². The number of anilines is 1. The van der Waals surface area contributed by atoms with E-state index in [0.29, 0.717) is 6.54 Å². The maximum Gasteiger partial charge on any atom is 0.228 e. The summed E-state index contributed by atoms with van der Waals surface area (Å²) in [6.45, 7) is 1.47. The quantitative estimate of drug-likeness (QED) is 0.661. The van der Waals surface area contributed by atoms with E-state index < -0.39 is 0 Å². The van der Waals surface area contributed by atoms with Crippen LogP contribution in [0.2, 0.25) is 0 Å². The second-order valence-corrected chi connectivity index (χ2v) is 9.08. The number of hydrogen-bond donors (Lipinski definition) is 1. The fraction of sp³-hybridized carbons (Fsp3) is 0.480. The number of benzene rings is 1. The number of aromatic nitrogens is 3. The van der Waals surface area contributed by atoms with Crippen LogP contribution in [-0.4, -0.2) is 38.7 Å². The molecular formula is C25H31N5O2. The van der Waals surface area contributed by atoms with E-state index in [1.165, 1.54) is 19.3 Å². The first-order valence-corrected chi connectivity index (χ1v) is 11.8. The van der Waals surface area contributed by atoms with Gasteiger partial charge in [0.1, 0.15) is 5.82 Å². The molecule has 2 aliphatic rings. The summed E-state index contributed by atoms with van der Waals surface area (Å²) >= 11 is 0. The van der Waals surface area contributed by atoms with E-state index in [1.807, 2.05) is 29.9 Å². The van der Waals surface area contributed by atoms with Crippen LogP contribution >= 0.6 is 0 Å². The first kappa shape index (κ1) is 20.8. The topological polar surface area (TPSA) is 72.2 Å². The fourth-order valence-electron chi connectivity index (χ4n) is 5.11. The van der Waals surface area contributed by atoms with Gasteiger partial charge in [-0.15, -0.1) is 0 Å². The van der Waals surface area contributed by atoms with Gasteiger partial charge < -0.3 is 9.88 Å². The van der Waals surface area contributed by atoms with Crippen molar-refractivity contribution in [3.05, 3.63) is 36.5 Å². The van der Waals surface area contributed by atoms with Gasteiger partial charge in [0.15, 0.2) is 0 Å². The van der Waals surface area contributed by atoms with E-state index in [1.54, 1.807) is 4.90 Å². The summed E-state index contributed by atoms with van der Waals surface area (Å²) < 4.78 is 4.04. The third kappa shape index (κ3) is 4.04. The van der Waals surface area contributed by atoms with Crippen molar-refractivity contribution >= 4 is 28.5 Å². The lowest BCUT2D eigenvalue weighted by molar-refractivity contribution is -0.125. The summed E-state index contributed by atoms with van der Waals surface area (Å²) in [5.74, 6) is 0.818. The van der Waals surface area contributed by atoms with Crippen molar-refractivity contribution in [1.29, 1.82) is 0 Å². The van der Waals surface area contributed by atoms with Crippen LogP contribution in [-0.2, 0) is 23.2 Å². The Bertz CT molecular complexity index is 1140. The molecule has 32 heavy (non-hydrogen) atoms. The van der Waals surface area contributed by atoms with E-state index >= 15 is 0 Å². The second kappa shape index (κ2) is 8.81. The van der Waals surface area contributed by atoms with Crippen molar-refractivity contribution in [2.75, 3.05) is 11.4 Å². The average Bonchev–Trinajstić information content (AvgIpc) is 3.39. The second-order valence-electron chi connectivity index (χ2n) is 9.08. The minimum Gasteiger partial charge on any atom is -0.353 e. The minimum absolute atomic E-state index is 0.00545. The van der Waals surface area contributed by atoms with Crippen molar-refractivity contribution in [3.63, 3.8) is 0 Å². The number of fused-ring (bicyclic) bond motifs is 2. The Labute approximate surface area is 188 Å². The number of nitrogens with one attached hydrogen (secondary N) is 1. The van der Waals surface area contributed by atoms with Gasteiger partial charge in [-0.05, 0) is 25.3 Å². The lowest BCUT2D eigenvalue weighted by Crippen LogP contribution is -2.39. The molecule has 5 rings (SSSR count). The number of aryl methyl sites for hydroxylation is 2. The summed E-state index contributed by atoms with van der Waals surface area (Å²) in [6.07, 6.45) is 9.17. The van der Waals surface area contributed by atoms with Gasteiger partial charge >= 0.3 is 0 Å². The third-order valence-electron chi connectivity index (χ3n) is 6.80. The van der Waals surface area contributed by atoms with Crippen molar-refractivity contribution in [1.82, 2.24) is 19.7 Å². The summed E-state index contributed by atoms with van der Waals surface area (Å²) in [5, 5.41) is 9.09. The predicted octanol–water partition coefficient (Wildman–Crippen LogP) is 4.01. The molecule has 2 aromatic heterocycles. The molecule has 2 amide bonds. The molecule has 1 saturated carbocycles. The van der Waals surface area contributed by atoms with Crippen LogP contribution in [0.3, 0.4) is 0 Å². The van der Waals surface area contributed by atoms with Crippen LogP contribution in [0, 0.1) is 0 Å². The van der Waals surface area contributed by atoms with E-state index in [0.717, 1.165) is 53.8 Å². The zero-order valence-electron chi connectivity index (χ0n) is 18.7. The zero-order chi connectivity index (χ0) is 22.1. The first-order valence-electron chi connectivity index (χ1n) is 11.8. The summed E-state index contributed by atoms with van der Waals surface area (Å²) in [7, 11) is 2.04. The van der Waals surface area contributed by atoms with Crippen molar-refractivity contribution in [3.8, 4) is 11.3 Å². The normalized spacial score (nSPS) is 16.8. The summed E-state index contributed by atoms with van der Waals surface area (Å²) in [5.41, 5.74) is 3.11. The molecule has 0 unspecified atom stereocenters. The number of nitrogens with zero attached hydrogens (tertiary/aromatic N) is 4. The number of carbonyl (C=O) groups excluding carboxylic acids is 2. The summed E-state index contributed by atoms with van der Waals surface area (Å²) in [6, 6.07) is 10.6. The highest BCUT2D eigenvalue weighted by Gasteiger charge is 2.26. The van der Waals surface area contributed by atoms with Gasteiger partial charge in [-0.3, -0.25) is 14.5 Å². The van der Waals surface area contributed by atoms with Gasteiger partial charge in [-0.25, -0.2) is 4.68 Å². The molecule has 0 atom stereocenters. The van der Waals surface area contributed by atoms with E-state index in [2.05, 4.69) is 28.2 Å². The Hall–Kier alpha value is -3.09. The van der Waals surface area contributed by atoms with E-state index in [4.69, 9.17) is 5.10 Å². The molecule has 3 heterocycles. The van der Waals surface area contributed by atoms with Gasteiger partial charge in [0.05, 0.1) is 5.69 Å². The Morgan fingerprint density at radius 1 is 1.06 bits per heavy atom. The van der Waals surface area contributed by atoms with Gasteiger partial charge in [0, 0.05) is 67.8 Å². The molecule has 1 N–H and O–H groups in total. The predicted molar refractivity (Wildman–Crippen MR) is 125 cm³/mol. The lowest BCUT2D eigenvalue weighted by atomic mass is 9.95. The number of carbonyl (C=O) groups is 2. The number of rotatable bonds is 5. The largest absolute Gasteiger partial charge is 0.353 e. The fourth-order valence-corrected chi connectivity index (χ4v) is 5.11. The van der Waals surface area contributed by atoms with Gasteiger partial charge in [-0.2, -0.15) is 5.10 Å². The Morgan fingerprint density at radius 3 is 2.72 bits per heavy atom. The highest BCUT2D eigenvalue weighted by molar-refractivity contribution is 5.98. The first-order chi connectivity index (χ1) is 15.6. The van der Waals surface area contributed by atoms with Crippen molar-refractivity contribution in [2.45, 2.75) is 64.0 Å². The molecule has 1 aliphatic carbocycles. The van der Waals surface area contributed by atoms with Crippen LogP contribution < -0.4 is 10.2 Å². The maximum absolute atomic E-state index is 13.0. The van der Waals surface area contributed by atoms with Crippen LogP contribution in [0.1, 0.15) is 51.4 Å². The van der Waals surface area contributed by atoms with Crippen LogP contribution in [0.5, 0.6) is 0 Å². The summed E-state index contributed by atoms with van der Waals surface area (Å²) in [4.78, 5) is 27.2. The van der Waals surface area contributed by atoms with Gasteiger partial charge in [-0.1, -0.05) is 37.5 Å².